The number of phenols is 2. The molecule has 1 aromatic heterocycles. The van der Waals surface area contributed by atoms with Gasteiger partial charge in [0.05, 0.1) is 17.6 Å². The Bertz CT molecular complexity index is 937. The molecule has 25 heavy (non-hydrogen) atoms. The number of hydrogen-bond donors (Lipinski definition) is 4. The molecule has 0 radical (unpaired) electrons. The second kappa shape index (κ2) is 6.86. The fourth-order valence-corrected chi connectivity index (χ4v) is 2.71. The van der Waals surface area contributed by atoms with E-state index >= 15 is 0 Å². The molecule has 0 aliphatic rings. The summed E-state index contributed by atoms with van der Waals surface area (Å²) in [6.45, 7) is 1.89. The molecule has 0 atom stereocenters. The van der Waals surface area contributed by atoms with Crippen molar-refractivity contribution in [2.24, 2.45) is 0 Å². The summed E-state index contributed by atoms with van der Waals surface area (Å²) < 4.78 is 0. The second-order valence-corrected chi connectivity index (χ2v) is 5.91. The minimum absolute atomic E-state index is 0.0211. The zero-order valence-corrected chi connectivity index (χ0v) is 14.1. The number of benzene rings is 2. The number of rotatable bonds is 4. The van der Waals surface area contributed by atoms with Crippen LogP contribution in [0.2, 0.25) is 5.02 Å². The molecule has 6 nitrogen and oxygen atoms in total. The van der Waals surface area contributed by atoms with Crippen LogP contribution >= 0.6 is 11.6 Å². The number of carbonyl (C=O) groups excluding carboxylic acids is 1. The molecule has 128 valence electrons. The Hall–Kier alpha value is -2.99. The molecule has 0 saturated heterocycles. The van der Waals surface area contributed by atoms with E-state index in [1.807, 2.05) is 6.92 Å². The number of nitrogens with one attached hydrogen (secondary N) is 2. The molecule has 0 unspecified atom stereocenters. The van der Waals surface area contributed by atoms with Crippen molar-refractivity contribution in [2.45, 2.75) is 13.3 Å². The van der Waals surface area contributed by atoms with Crippen LogP contribution in [0.25, 0.3) is 11.3 Å². The van der Waals surface area contributed by atoms with E-state index in [9.17, 15) is 15.0 Å². The SMILES string of the molecule is CCc1cc(-c2[nH]ncc2NC(=O)c2cccc(Cl)c2)c(O)cc1O. The number of aromatic nitrogens is 2. The van der Waals surface area contributed by atoms with Gasteiger partial charge >= 0.3 is 0 Å². The third-order valence-corrected chi connectivity index (χ3v) is 4.06. The molecule has 1 amide bonds. The minimum Gasteiger partial charge on any atom is -0.508 e. The number of aryl methyl sites for hydroxylation is 1. The van der Waals surface area contributed by atoms with E-state index in [1.165, 1.54) is 12.3 Å². The van der Waals surface area contributed by atoms with Gasteiger partial charge < -0.3 is 15.5 Å². The van der Waals surface area contributed by atoms with E-state index < -0.39 is 0 Å². The highest BCUT2D eigenvalue weighted by molar-refractivity contribution is 6.31. The number of aromatic hydroxyl groups is 2. The Morgan fingerprint density at radius 3 is 2.76 bits per heavy atom. The predicted octanol–water partition coefficient (Wildman–Crippen LogP) is 3.96. The van der Waals surface area contributed by atoms with Gasteiger partial charge in [0.15, 0.2) is 0 Å². The Balaban J connectivity index is 1.95. The first kappa shape index (κ1) is 16.9. The summed E-state index contributed by atoms with van der Waals surface area (Å²) in [6.07, 6.45) is 2.05. The molecule has 0 aliphatic carbocycles. The van der Waals surface area contributed by atoms with Crippen molar-refractivity contribution >= 4 is 23.2 Å². The first-order valence-corrected chi connectivity index (χ1v) is 8.03. The van der Waals surface area contributed by atoms with E-state index in [0.29, 0.717) is 39.5 Å². The monoisotopic (exact) mass is 357 g/mol. The zero-order chi connectivity index (χ0) is 18.0. The number of nitrogens with zero attached hydrogens (tertiary/aromatic N) is 1. The molecule has 7 heteroatoms. The molecule has 0 bridgehead atoms. The van der Waals surface area contributed by atoms with E-state index in [-0.39, 0.29) is 17.4 Å². The molecule has 3 aromatic rings. The first-order valence-electron chi connectivity index (χ1n) is 7.65. The van der Waals surface area contributed by atoms with Crippen molar-refractivity contribution in [3.05, 3.63) is 58.7 Å². The summed E-state index contributed by atoms with van der Waals surface area (Å²) in [5, 5.41) is 29.9. The lowest BCUT2D eigenvalue weighted by atomic mass is 10.0. The number of amides is 1. The van der Waals surface area contributed by atoms with Gasteiger partial charge in [0.1, 0.15) is 11.5 Å². The van der Waals surface area contributed by atoms with E-state index in [4.69, 9.17) is 11.6 Å². The maximum atomic E-state index is 12.4. The van der Waals surface area contributed by atoms with Crippen LogP contribution in [-0.4, -0.2) is 26.3 Å². The highest BCUT2D eigenvalue weighted by atomic mass is 35.5. The van der Waals surface area contributed by atoms with Crippen LogP contribution in [0.1, 0.15) is 22.8 Å². The number of aromatic amines is 1. The lowest BCUT2D eigenvalue weighted by Gasteiger charge is -2.10. The summed E-state index contributed by atoms with van der Waals surface area (Å²) in [5.74, 6) is -0.441. The Kier molecular flexibility index (Phi) is 4.63. The van der Waals surface area contributed by atoms with E-state index in [2.05, 4.69) is 15.5 Å². The Labute approximate surface area is 149 Å². The Morgan fingerprint density at radius 2 is 2.04 bits per heavy atom. The number of phenolic OH excluding ortho intramolecular Hbond substituents is 2. The Morgan fingerprint density at radius 1 is 1.24 bits per heavy atom. The lowest BCUT2D eigenvalue weighted by molar-refractivity contribution is 0.102. The summed E-state index contributed by atoms with van der Waals surface area (Å²) in [7, 11) is 0. The average molecular weight is 358 g/mol. The van der Waals surface area contributed by atoms with E-state index in [1.54, 1.807) is 30.3 Å². The van der Waals surface area contributed by atoms with Gasteiger partial charge in [0.25, 0.3) is 5.91 Å². The number of halogens is 1. The highest BCUT2D eigenvalue weighted by Crippen LogP contribution is 2.37. The molecule has 1 heterocycles. The predicted molar refractivity (Wildman–Crippen MR) is 96.1 cm³/mol. The topological polar surface area (TPSA) is 98.2 Å². The molecule has 0 aliphatic heterocycles. The van der Waals surface area contributed by atoms with Crippen molar-refractivity contribution in [2.75, 3.05) is 5.32 Å². The van der Waals surface area contributed by atoms with Gasteiger partial charge in [-0.15, -0.1) is 0 Å². The number of anilines is 1. The van der Waals surface area contributed by atoms with Crippen LogP contribution in [-0.2, 0) is 6.42 Å². The summed E-state index contributed by atoms with van der Waals surface area (Å²) >= 11 is 5.91. The lowest BCUT2D eigenvalue weighted by Crippen LogP contribution is -2.12. The van der Waals surface area contributed by atoms with Gasteiger partial charge in [-0.3, -0.25) is 9.89 Å². The largest absolute Gasteiger partial charge is 0.508 e. The zero-order valence-electron chi connectivity index (χ0n) is 13.4. The van der Waals surface area contributed by atoms with Crippen molar-refractivity contribution in [1.82, 2.24) is 10.2 Å². The minimum atomic E-state index is -0.348. The first-order chi connectivity index (χ1) is 12.0. The van der Waals surface area contributed by atoms with Crippen molar-refractivity contribution in [3.63, 3.8) is 0 Å². The van der Waals surface area contributed by atoms with Gasteiger partial charge in [-0.1, -0.05) is 24.6 Å². The molecule has 2 aromatic carbocycles. The standard InChI is InChI=1S/C18H16ClN3O3/c1-2-10-7-13(16(24)8-15(10)23)17-14(9-20-22-17)21-18(25)11-4-3-5-12(19)6-11/h3-9,23-24H,2H2,1H3,(H,20,22)(H,21,25). The van der Waals surface area contributed by atoms with Crippen molar-refractivity contribution in [3.8, 4) is 22.8 Å². The molecule has 0 fully saturated rings. The van der Waals surface area contributed by atoms with Gasteiger partial charge in [0, 0.05) is 22.2 Å². The van der Waals surface area contributed by atoms with Gasteiger partial charge in [-0.05, 0) is 36.2 Å². The maximum Gasteiger partial charge on any atom is 0.255 e. The molecule has 3 rings (SSSR count). The number of H-pyrrole nitrogens is 1. The van der Waals surface area contributed by atoms with Gasteiger partial charge in [-0.25, -0.2) is 0 Å². The second-order valence-electron chi connectivity index (χ2n) is 5.47. The summed E-state index contributed by atoms with van der Waals surface area (Å²) in [6, 6.07) is 9.51. The van der Waals surface area contributed by atoms with Crippen LogP contribution in [0.3, 0.4) is 0 Å². The third kappa shape index (κ3) is 3.44. The van der Waals surface area contributed by atoms with Crippen LogP contribution in [0.5, 0.6) is 11.5 Å². The summed E-state index contributed by atoms with van der Waals surface area (Å²) in [5.41, 5.74) is 2.38. The smallest absolute Gasteiger partial charge is 0.255 e. The molecule has 4 N–H and O–H groups in total. The number of carbonyl (C=O) groups is 1. The highest BCUT2D eigenvalue weighted by Gasteiger charge is 2.17. The molecule has 0 spiro atoms. The van der Waals surface area contributed by atoms with E-state index in [0.717, 1.165) is 0 Å². The molecular weight excluding hydrogens is 342 g/mol. The van der Waals surface area contributed by atoms with Crippen molar-refractivity contribution in [1.29, 1.82) is 0 Å². The molecule has 0 saturated carbocycles. The van der Waals surface area contributed by atoms with Crippen LogP contribution in [0.4, 0.5) is 5.69 Å². The van der Waals surface area contributed by atoms with Gasteiger partial charge in [-0.2, -0.15) is 5.10 Å². The fourth-order valence-electron chi connectivity index (χ4n) is 2.52. The van der Waals surface area contributed by atoms with Crippen LogP contribution in [0, 0.1) is 0 Å². The quantitative estimate of drug-likeness (QED) is 0.568. The van der Waals surface area contributed by atoms with Crippen molar-refractivity contribution < 1.29 is 15.0 Å². The maximum absolute atomic E-state index is 12.4. The number of hydrogen-bond acceptors (Lipinski definition) is 4. The summed E-state index contributed by atoms with van der Waals surface area (Å²) in [4.78, 5) is 12.4. The normalized spacial score (nSPS) is 10.6. The van der Waals surface area contributed by atoms with Crippen LogP contribution in [0.15, 0.2) is 42.6 Å². The van der Waals surface area contributed by atoms with Gasteiger partial charge in [0.2, 0.25) is 0 Å². The average Bonchev–Trinajstić information content (AvgIpc) is 3.03. The fraction of sp³-hybridized carbons (Fsp3) is 0.111. The van der Waals surface area contributed by atoms with Crippen LogP contribution < -0.4 is 5.32 Å². The molecular formula is C18H16ClN3O3. The third-order valence-electron chi connectivity index (χ3n) is 3.82.